The van der Waals surface area contributed by atoms with E-state index in [1.165, 1.54) is 25.7 Å². The molecule has 1 nitrogen and oxygen atoms in total. The molecule has 0 unspecified atom stereocenters. The van der Waals surface area contributed by atoms with Gasteiger partial charge in [-0.15, -0.1) is 5.60 Å². The molecule has 0 saturated heterocycles. The summed E-state index contributed by atoms with van der Waals surface area (Å²) in [5.41, 5.74) is -0.750. The third kappa shape index (κ3) is 76.2. The van der Waals surface area contributed by atoms with Gasteiger partial charge in [-0.1, -0.05) is 60.3 Å². The molecule has 0 aliphatic heterocycles. The Bertz CT molecular complexity index is 56.7. The second-order valence-corrected chi connectivity index (χ2v) is 3.82. The van der Waals surface area contributed by atoms with Crippen molar-refractivity contribution in [2.75, 3.05) is 0 Å². The molecule has 0 aromatic rings. The van der Waals surface area contributed by atoms with Crippen LogP contribution in [0.25, 0.3) is 0 Å². The van der Waals surface area contributed by atoms with Gasteiger partial charge in [0.1, 0.15) is 0 Å². The molecule has 70 valence electrons. The summed E-state index contributed by atoms with van der Waals surface area (Å²) in [6.45, 7) is 9.36. The monoisotopic (exact) mass is 166 g/mol. The van der Waals surface area contributed by atoms with Crippen molar-refractivity contribution in [3.63, 3.8) is 0 Å². The zero-order valence-electron chi connectivity index (χ0n) is 9.74. The first-order valence-electron chi connectivity index (χ1n) is 4.62. The SMILES string of the molecule is CC(C)(C)[O-].CCCCCC.[Li+]. The minimum absolute atomic E-state index is 0. The average molecular weight is 166 g/mol. The van der Waals surface area contributed by atoms with E-state index in [1.54, 1.807) is 20.8 Å². The van der Waals surface area contributed by atoms with Gasteiger partial charge in [-0.2, -0.15) is 0 Å². The van der Waals surface area contributed by atoms with E-state index in [1.807, 2.05) is 0 Å². The van der Waals surface area contributed by atoms with Gasteiger partial charge in [-0.25, -0.2) is 0 Å². The molecule has 2 heteroatoms. The molecule has 0 aromatic heterocycles. The Morgan fingerprint density at radius 3 is 1.17 bits per heavy atom. The first-order chi connectivity index (χ1) is 4.91. The summed E-state index contributed by atoms with van der Waals surface area (Å²) in [5, 5.41) is 10.1. The van der Waals surface area contributed by atoms with Gasteiger partial charge in [0, 0.05) is 0 Å². The summed E-state index contributed by atoms with van der Waals surface area (Å²) in [6, 6.07) is 0. The van der Waals surface area contributed by atoms with Crippen LogP contribution in [0.2, 0.25) is 0 Å². The Morgan fingerprint density at radius 1 is 0.917 bits per heavy atom. The molecule has 0 aliphatic carbocycles. The molecule has 0 bridgehead atoms. The molecule has 0 rings (SSSR count). The predicted octanol–water partition coefficient (Wildman–Crippen LogP) is -0.264. The van der Waals surface area contributed by atoms with Gasteiger partial charge in [-0.05, 0) is 0 Å². The molecule has 0 fully saturated rings. The van der Waals surface area contributed by atoms with Crippen molar-refractivity contribution in [3.8, 4) is 0 Å². The molecule has 0 atom stereocenters. The summed E-state index contributed by atoms with van der Waals surface area (Å²) in [6.07, 6.45) is 5.54. The van der Waals surface area contributed by atoms with Gasteiger partial charge in [0.05, 0.1) is 0 Å². The summed E-state index contributed by atoms with van der Waals surface area (Å²) in [5.74, 6) is 0. The van der Waals surface area contributed by atoms with Crippen molar-refractivity contribution >= 4 is 0 Å². The molecular weight excluding hydrogens is 143 g/mol. The topological polar surface area (TPSA) is 23.1 Å². The van der Waals surface area contributed by atoms with E-state index in [2.05, 4.69) is 13.8 Å². The van der Waals surface area contributed by atoms with Gasteiger partial charge >= 0.3 is 18.9 Å². The van der Waals surface area contributed by atoms with Crippen molar-refractivity contribution in [1.82, 2.24) is 0 Å². The maximum atomic E-state index is 10.1. The molecule has 12 heavy (non-hydrogen) atoms. The predicted molar refractivity (Wildman–Crippen MR) is 49.6 cm³/mol. The van der Waals surface area contributed by atoms with E-state index in [4.69, 9.17) is 0 Å². The normalized spacial score (nSPS) is 9.50. The number of rotatable bonds is 3. The summed E-state index contributed by atoms with van der Waals surface area (Å²) in [7, 11) is 0. The third-order valence-electron chi connectivity index (χ3n) is 0.957. The average Bonchev–Trinajstić information content (AvgIpc) is 1.79. The Hall–Kier alpha value is 0.557. The molecule has 0 N–H and O–H groups in total. The Labute approximate surface area is 90.1 Å². The molecule has 0 aliphatic rings. The van der Waals surface area contributed by atoms with Crippen LogP contribution in [-0.4, -0.2) is 5.60 Å². The zero-order valence-corrected chi connectivity index (χ0v) is 9.74. The maximum absolute atomic E-state index is 10.1. The van der Waals surface area contributed by atoms with Gasteiger partial charge in [0.2, 0.25) is 0 Å². The second kappa shape index (κ2) is 11.6. The minimum atomic E-state index is -0.750. The van der Waals surface area contributed by atoms with E-state index in [0.29, 0.717) is 0 Å². The van der Waals surface area contributed by atoms with Crippen LogP contribution < -0.4 is 24.0 Å². The van der Waals surface area contributed by atoms with Crippen LogP contribution in [0.1, 0.15) is 60.3 Å². The second-order valence-electron chi connectivity index (χ2n) is 3.82. The van der Waals surface area contributed by atoms with E-state index in [-0.39, 0.29) is 18.9 Å². The van der Waals surface area contributed by atoms with Crippen molar-refractivity contribution in [3.05, 3.63) is 0 Å². The van der Waals surface area contributed by atoms with Gasteiger partial charge < -0.3 is 5.11 Å². The summed E-state index contributed by atoms with van der Waals surface area (Å²) >= 11 is 0. The summed E-state index contributed by atoms with van der Waals surface area (Å²) < 4.78 is 0. The smallest absolute Gasteiger partial charge is 0.850 e. The van der Waals surface area contributed by atoms with E-state index < -0.39 is 5.60 Å². The molecular formula is C10H23LiO. The fourth-order valence-electron chi connectivity index (χ4n) is 0.500. The molecule has 0 aromatic carbocycles. The summed E-state index contributed by atoms with van der Waals surface area (Å²) in [4.78, 5) is 0. The Morgan fingerprint density at radius 2 is 1.08 bits per heavy atom. The van der Waals surface area contributed by atoms with E-state index in [9.17, 15) is 5.11 Å². The quantitative estimate of drug-likeness (QED) is 0.418. The van der Waals surface area contributed by atoms with Crippen LogP contribution in [0.5, 0.6) is 0 Å². The molecule has 0 radical (unpaired) electrons. The van der Waals surface area contributed by atoms with Crippen molar-refractivity contribution < 1.29 is 24.0 Å². The Kier molecular flexibility index (Phi) is 17.7. The first-order valence-corrected chi connectivity index (χ1v) is 4.62. The first kappa shape index (κ1) is 18.4. The van der Waals surface area contributed by atoms with Gasteiger partial charge in [-0.3, -0.25) is 0 Å². The standard InChI is InChI=1S/C6H14.C4H9O.Li/c1-3-5-6-4-2;1-4(2,3)5;/h3-6H2,1-2H3;1-3H3;/q;-1;+1. The molecule has 0 spiro atoms. The van der Waals surface area contributed by atoms with Crippen LogP contribution in [0.3, 0.4) is 0 Å². The van der Waals surface area contributed by atoms with Crippen molar-refractivity contribution in [1.29, 1.82) is 0 Å². The van der Waals surface area contributed by atoms with Crippen LogP contribution in [-0.2, 0) is 0 Å². The largest absolute Gasteiger partial charge is 1.00 e. The third-order valence-corrected chi connectivity index (χ3v) is 0.957. The van der Waals surface area contributed by atoms with Crippen LogP contribution >= 0.6 is 0 Å². The fraction of sp³-hybridized carbons (Fsp3) is 1.00. The van der Waals surface area contributed by atoms with Gasteiger partial charge in [0.25, 0.3) is 0 Å². The fourth-order valence-corrected chi connectivity index (χ4v) is 0.500. The number of unbranched alkanes of at least 4 members (excludes halogenated alkanes) is 3. The van der Waals surface area contributed by atoms with E-state index in [0.717, 1.165) is 0 Å². The minimum Gasteiger partial charge on any atom is -0.850 e. The van der Waals surface area contributed by atoms with Crippen molar-refractivity contribution in [2.45, 2.75) is 65.9 Å². The Balaban J connectivity index is -0.000000126. The van der Waals surface area contributed by atoms with E-state index >= 15 is 0 Å². The van der Waals surface area contributed by atoms with Gasteiger partial charge in [0.15, 0.2) is 0 Å². The molecule has 0 saturated carbocycles. The number of hydrogen-bond donors (Lipinski definition) is 0. The van der Waals surface area contributed by atoms with Crippen LogP contribution in [0.4, 0.5) is 0 Å². The van der Waals surface area contributed by atoms with Crippen molar-refractivity contribution in [2.24, 2.45) is 0 Å². The molecule has 0 amide bonds. The number of hydrogen-bond acceptors (Lipinski definition) is 1. The van der Waals surface area contributed by atoms with Crippen LogP contribution in [0, 0.1) is 0 Å². The molecule has 0 heterocycles. The van der Waals surface area contributed by atoms with Crippen LogP contribution in [0.15, 0.2) is 0 Å². The maximum Gasteiger partial charge on any atom is 1.00 e. The zero-order chi connectivity index (χ0) is 9.33.